The average Bonchev–Trinajstić information content (AvgIpc) is 2.86. The van der Waals surface area contributed by atoms with Gasteiger partial charge in [0.15, 0.2) is 0 Å². The minimum atomic E-state index is -0.195. The first-order chi connectivity index (χ1) is 16.4. The van der Waals surface area contributed by atoms with E-state index < -0.39 is 0 Å². The summed E-state index contributed by atoms with van der Waals surface area (Å²) in [6.45, 7) is 6.41. The molecule has 3 aromatic rings. The highest BCUT2D eigenvalue weighted by atomic mass is 16.5. The van der Waals surface area contributed by atoms with Crippen LogP contribution in [0.1, 0.15) is 43.7 Å². The van der Waals surface area contributed by atoms with E-state index in [0.717, 1.165) is 29.9 Å². The van der Waals surface area contributed by atoms with Gasteiger partial charge in [-0.1, -0.05) is 50.3 Å². The van der Waals surface area contributed by atoms with Crippen LogP contribution in [0, 0.1) is 12.3 Å². The number of anilines is 2. The number of ether oxygens (including phenoxy) is 1. The highest BCUT2D eigenvalue weighted by Crippen LogP contribution is 2.34. The fraction of sp³-hybridized carbons (Fsp3) is 0.250. The predicted molar refractivity (Wildman–Crippen MR) is 138 cm³/mol. The molecule has 0 saturated carbocycles. The van der Waals surface area contributed by atoms with Crippen molar-refractivity contribution in [2.75, 3.05) is 17.7 Å². The van der Waals surface area contributed by atoms with Crippen LogP contribution < -0.4 is 15.4 Å². The van der Waals surface area contributed by atoms with Crippen molar-refractivity contribution in [1.29, 1.82) is 0 Å². The summed E-state index contributed by atoms with van der Waals surface area (Å²) in [5, 5.41) is 0. The molecule has 0 bridgehead atoms. The molecule has 1 unspecified atom stereocenters. The van der Waals surface area contributed by atoms with Crippen molar-refractivity contribution < 1.29 is 9.53 Å². The lowest BCUT2D eigenvalue weighted by molar-refractivity contribution is -0.114. The van der Waals surface area contributed by atoms with E-state index in [4.69, 9.17) is 16.9 Å². The Morgan fingerprint density at radius 1 is 1.12 bits per heavy atom. The van der Waals surface area contributed by atoms with Crippen LogP contribution in [-0.2, 0) is 4.79 Å². The molecule has 1 aromatic heterocycles. The van der Waals surface area contributed by atoms with Crippen LogP contribution >= 0.6 is 0 Å². The number of aromatic nitrogens is 2. The van der Waals surface area contributed by atoms with Crippen LogP contribution in [-0.4, -0.2) is 28.8 Å². The van der Waals surface area contributed by atoms with Gasteiger partial charge in [-0.2, -0.15) is 0 Å². The summed E-state index contributed by atoms with van der Waals surface area (Å²) in [5.41, 5.74) is 8.57. The largest absolute Gasteiger partial charge is 0.457 e. The molecule has 0 saturated heterocycles. The third-order valence-corrected chi connectivity index (χ3v) is 5.71. The molecule has 3 rings (SSSR count). The Balaban J connectivity index is 1.86. The van der Waals surface area contributed by atoms with E-state index in [9.17, 15) is 4.79 Å². The lowest BCUT2D eigenvalue weighted by Crippen LogP contribution is -2.33. The summed E-state index contributed by atoms with van der Waals surface area (Å²) in [7, 11) is 1.95. The van der Waals surface area contributed by atoms with E-state index in [2.05, 4.69) is 34.3 Å². The van der Waals surface area contributed by atoms with Crippen LogP contribution in [0.2, 0.25) is 0 Å². The summed E-state index contributed by atoms with van der Waals surface area (Å²) in [4.78, 5) is 22.5. The fourth-order valence-electron chi connectivity index (χ4n) is 3.85. The van der Waals surface area contributed by atoms with E-state index in [1.165, 1.54) is 6.33 Å². The molecule has 0 radical (unpaired) electrons. The Kier molecular flexibility index (Phi) is 8.42. The summed E-state index contributed by atoms with van der Waals surface area (Å²) >= 11 is 0. The molecule has 1 heterocycles. The van der Waals surface area contributed by atoms with Crippen molar-refractivity contribution in [2.45, 2.75) is 38.6 Å². The van der Waals surface area contributed by atoms with Gasteiger partial charge in [0.2, 0.25) is 5.78 Å². The molecule has 6 heteroatoms. The molecule has 34 heavy (non-hydrogen) atoms. The van der Waals surface area contributed by atoms with E-state index >= 15 is 0 Å². The number of carbonyl (C=O) groups is 1. The van der Waals surface area contributed by atoms with E-state index in [-0.39, 0.29) is 11.8 Å². The van der Waals surface area contributed by atoms with Crippen LogP contribution in [0.15, 0.2) is 67.5 Å². The van der Waals surface area contributed by atoms with Gasteiger partial charge < -0.3 is 15.4 Å². The highest BCUT2D eigenvalue weighted by Gasteiger charge is 2.23. The SMILES string of the molecule is C#CC(=O)CCC(CCC)N(C)c1ncnc(N)c1C(=C)c1ccc(Oc2ccccc2)cc1. The van der Waals surface area contributed by atoms with Gasteiger partial charge in [-0.3, -0.25) is 4.79 Å². The molecule has 0 amide bonds. The molecule has 0 aliphatic heterocycles. The average molecular weight is 455 g/mol. The van der Waals surface area contributed by atoms with E-state index in [1.54, 1.807) is 0 Å². The number of carbonyl (C=O) groups excluding carboxylic acids is 1. The van der Waals surface area contributed by atoms with E-state index in [0.29, 0.717) is 35.6 Å². The number of benzene rings is 2. The third-order valence-electron chi connectivity index (χ3n) is 5.71. The Morgan fingerprint density at radius 2 is 1.79 bits per heavy atom. The Labute approximate surface area is 201 Å². The summed E-state index contributed by atoms with van der Waals surface area (Å²) < 4.78 is 5.89. The summed E-state index contributed by atoms with van der Waals surface area (Å²) in [6.07, 6.45) is 9.50. The molecular weight excluding hydrogens is 424 g/mol. The van der Waals surface area contributed by atoms with Crippen molar-refractivity contribution in [2.24, 2.45) is 0 Å². The number of ketones is 1. The van der Waals surface area contributed by atoms with Gasteiger partial charge in [0.1, 0.15) is 29.5 Å². The first-order valence-electron chi connectivity index (χ1n) is 11.3. The molecule has 0 spiro atoms. The number of para-hydroxylation sites is 1. The fourth-order valence-corrected chi connectivity index (χ4v) is 3.85. The lowest BCUT2D eigenvalue weighted by atomic mass is 9.98. The van der Waals surface area contributed by atoms with Crippen LogP contribution in [0.3, 0.4) is 0 Å². The van der Waals surface area contributed by atoms with Crippen LogP contribution in [0.25, 0.3) is 5.57 Å². The number of nitrogens with two attached hydrogens (primary N) is 1. The number of rotatable bonds is 11. The predicted octanol–water partition coefficient (Wildman–Crippen LogP) is 5.50. The summed E-state index contributed by atoms with van der Waals surface area (Å²) in [6, 6.07) is 17.3. The van der Waals surface area contributed by atoms with Crippen LogP contribution in [0.4, 0.5) is 11.6 Å². The second-order valence-corrected chi connectivity index (χ2v) is 8.04. The smallest absolute Gasteiger partial charge is 0.205 e. The first kappa shape index (κ1) is 24.5. The second-order valence-electron chi connectivity index (χ2n) is 8.04. The van der Waals surface area contributed by atoms with Gasteiger partial charge in [0.05, 0.1) is 5.56 Å². The number of nitrogens with zero attached hydrogens (tertiary/aromatic N) is 3. The van der Waals surface area contributed by atoms with E-state index in [1.807, 2.05) is 61.6 Å². The zero-order valence-corrected chi connectivity index (χ0v) is 19.7. The van der Waals surface area contributed by atoms with Gasteiger partial charge >= 0.3 is 0 Å². The maximum absolute atomic E-state index is 11.7. The van der Waals surface area contributed by atoms with Crippen molar-refractivity contribution in [1.82, 2.24) is 9.97 Å². The number of hydrogen-bond acceptors (Lipinski definition) is 6. The standard InChI is InChI=1S/C28H30N4O2/c1-5-10-22(15-16-23(33)6-2)32(4)28-26(27(29)30-19-31-28)20(3)21-13-17-25(18-14-21)34-24-11-8-7-9-12-24/h2,7-9,11-14,17-19,22H,3,5,10,15-16H2,1,4H3,(H2,29,30,31). The highest BCUT2D eigenvalue weighted by molar-refractivity contribution is 5.94. The number of nitrogen functional groups attached to an aromatic ring is 1. The van der Waals surface area contributed by atoms with Gasteiger partial charge in [-0.15, -0.1) is 6.42 Å². The van der Waals surface area contributed by atoms with Crippen molar-refractivity contribution in [3.63, 3.8) is 0 Å². The maximum Gasteiger partial charge on any atom is 0.205 e. The molecule has 0 fully saturated rings. The van der Waals surface area contributed by atoms with Gasteiger partial charge in [-0.05, 0) is 54.2 Å². The zero-order valence-electron chi connectivity index (χ0n) is 19.7. The number of terminal acetylenes is 1. The molecule has 6 nitrogen and oxygen atoms in total. The minimum Gasteiger partial charge on any atom is -0.457 e. The first-order valence-corrected chi connectivity index (χ1v) is 11.3. The Morgan fingerprint density at radius 3 is 2.44 bits per heavy atom. The molecule has 174 valence electrons. The van der Waals surface area contributed by atoms with Crippen molar-refractivity contribution in [3.8, 4) is 23.8 Å². The minimum absolute atomic E-state index is 0.0739. The third kappa shape index (κ3) is 6.02. The second kappa shape index (κ2) is 11.7. The van der Waals surface area contributed by atoms with Gasteiger partial charge in [0, 0.05) is 19.5 Å². The lowest BCUT2D eigenvalue weighted by Gasteiger charge is -2.31. The van der Waals surface area contributed by atoms with Gasteiger partial charge in [0.25, 0.3) is 0 Å². The molecule has 1 atom stereocenters. The van der Waals surface area contributed by atoms with Crippen molar-refractivity contribution in [3.05, 3.63) is 78.6 Å². The summed E-state index contributed by atoms with van der Waals surface area (Å²) in [5.74, 6) is 4.51. The quantitative estimate of drug-likeness (QED) is 0.304. The monoisotopic (exact) mass is 454 g/mol. The molecule has 0 aliphatic rings. The number of Topliss-reactive ketones (excluding diaryl/α,β-unsaturated/α-hetero) is 1. The Hall–Kier alpha value is -4.11. The molecule has 2 N–H and O–H groups in total. The maximum atomic E-state index is 11.7. The van der Waals surface area contributed by atoms with Crippen molar-refractivity contribution >= 4 is 23.0 Å². The number of hydrogen-bond donors (Lipinski definition) is 1. The normalized spacial score (nSPS) is 11.3. The molecular formula is C28H30N4O2. The molecule has 2 aromatic carbocycles. The zero-order chi connectivity index (χ0) is 24.5. The van der Waals surface area contributed by atoms with Crippen LogP contribution in [0.5, 0.6) is 11.5 Å². The van der Waals surface area contributed by atoms with Gasteiger partial charge in [-0.25, -0.2) is 9.97 Å². The Bertz CT molecular complexity index is 1170. The molecule has 0 aliphatic carbocycles. The topological polar surface area (TPSA) is 81.3 Å².